The lowest BCUT2D eigenvalue weighted by Gasteiger charge is -2.25. The topological polar surface area (TPSA) is 118 Å². The Kier molecular flexibility index (Phi) is 7.79. The molecule has 1 heterocycles. The third-order valence-corrected chi connectivity index (χ3v) is 7.45. The fourth-order valence-corrected chi connectivity index (χ4v) is 5.55. The van der Waals surface area contributed by atoms with E-state index in [1.54, 1.807) is 6.92 Å². The van der Waals surface area contributed by atoms with Crippen LogP contribution in [-0.4, -0.2) is 46.2 Å². The third kappa shape index (κ3) is 6.24. The van der Waals surface area contributed by atoms with Crippen molar-refractivity contribution in [3.63, 3.8) is 0 Å². The molecule has 5 rings (SSSR count). The number of carbonyl (C=O) groups excluding carboxylic acids is 2. The van der Waals surface area contributed by atoms with E-state index in [1.807, 2.05) is 86.6 Å². The van der Waals surface area contributed by atoms with Gasteiger partial charge in [-0.1, -0.05) is 68.4 Å². The zero-order valence-corrected chi connectivity index (χ0v) is 23.3. The summed E-state index contributed by atoms with van der Waals surface area (Å²) in [6.45, 7) is 5.97. The summed E-state index contributed by atoms with van der Waals surface area (Å²) < 4.78 is 10.7. The van der Waals surface area contributed by atoms with Crippen molar-refractivity contribution in [2.24, 2.45) is 11.0 Å². The first-order chi connectivity index (χ1) is 19.6. The van der Waals surface area contributed by atoms with Gasteiger partial charge in [-0.15, -0.1) is 5.10 Å². The number of carbonyl (C=O) groups is 3. The van der Waals surface area contributed by atoms with E-state index in [2.05, 4.69) is 10.4 Å². The molecule has 0 radical (unpaired) electrons. The number of nitrogens with one attached hydrogen (secondary N) is 1. The molecule has 2 aliphatic rings. The number of anilines is 1. The lowest BCUT2D eigenvalue weighted by atomic mass is 9.87. The zero-order chi connectivity index (χ0) is 29.1. The summed E-state index contributed by atoms with van der Waals surface area (Å²) >= 11 is 0. The molecule has 0 spiro atoms. The van der Waals surface area contributed by atoms with Crippen molar-refractivity contribution in [3.8, 4) is 0 Å². The minimum atomic E-state index is -1.31. The summed E-state index contributed by atoms with van der Waals surface area (Å²) in [5, 5.41) is 18.1. The maximum atomic E-state index is 13.6. The molecule has 212 valence electrons. The SMILES string of the molecule is CC(C)C(C(=O)Nc1cccc2c1CC(C)(OC(=O)O)C2)c1ccc(CN2N=C(c3ccccc3)OCC2=O)cc1. The molecule has 2 unspecified atom stereocenters. The van der Waals surface area contributed by atoms with Crippen LogP contribution in [0.4, 0.5) is 10.5 Å². The molecular weight excluding hydrogens is 522 g/mol. The summed E-state index contributed by atoms with van der Waals surface area (Å²) in [5.74, 6) is -0.379. The molecule has 3 aromatic rings. The molecule has 1 aliphatic heterocycles. The van der Waals surface area contributed by atoms with Gasteiger partial charge in [-0.2, -0.15) is 0 Å². The standard InChI is InChI=1S/C32H33N3O6/c1-20(2)28(29(37)33-26-11-7-10-24-16-32(3,17-25(24)26)41-31(38)39)22-14-12-21(13-15-22)18-35-27(36)19-40-30(34-35)23-8-5-4-6-9-23/h4-15,20,28H,16-19H2,1-3H3,(H,33,37)(H,38,39). The van der Waals surface area contributed by atoms with Gasteiger partial charge < -0.3 is 19.9 Å². The van der Waals surface area contributed by atoms with Crippen LogP contribution in [0.5, 0.6) is 0 Å². The van der Waals surface area contributed by atoms with Crippen LogP contribution in [-0.2, 0) is 38.4 Å². The smallest absolute Gasteiger partial charge is 0.466 e. The maximum absolute atomic E-state index is 13.6. The van der Waals surface area contributed by atoms with E-state index in [0.29, 0.717) is 24.4 Å². The van der Waals surface area contributed by atoms with Crippen LogP contribution in [0.15, 0.2) is 77.9 Å². The minimum absolute atomic E-state index is 0.0112. The number of amides is 2. The highest BCUT2D eigenvalue weighted by molar-refractivity contribution is 5.98. The maximum Gasteiger partial charge on any atom is 0.506 e. The summed E-state index contributed by atoms with van der Waals surface area (Å²) in [5.41, 5.74) is 4.20. The molecule has 0 saturated heterocycles. The number of ether oxygens (including phenoxy) is 2. The van der Waals surface area contributed by atoms with Gasteiger partial charge in [0.25, 0.3) is 5.91 Å². The van der Waals surface area contributed by atoms with Crippen molar-refractivity contribution in [3.05, 3.63) is 101 Å². The molecule has 0 saturated carbocycles. The summed E-state index contributed by atoms with van der Waals surface area (Å²) in [7, 11) is 0. The van der Waals surface area contributed by atoms with E-state index in [0.717, 1.165) is 27.8 Å². The van der Waals surface area contributed by atoms with Crippen molar-refractivity contribution >= 4 is 29.6 Å². The van der Waals surface area contributed by atoms with E-state index in [1.165, 1.54) is 5.01 Å². The van der Waals surface area contributed by atoms with E-state index >= 15 is 0 Å². The Morgan fingerprint density at radius 2 is 1.78 bits per heavy atom. The van der Waals surface area contributed by atoms with Crippen LogP contribution < -0.4 is 5.32 Å². The highest BCUT2D eigenvalue weighted by Crippen LogP contribution is 2.38. The van der Waals surface area contributed by atoms with Crippen molar-refractivity contribution in [1.82, 2.24) is 5.01 Å². The lowest BCUT2D eigenvalue weighted by Crippen LogP contribution is -2.36. The van der Waals surface area contributed by atoms with Crippen molar-refractivity contribution in [2.45, 2.75) is 51.7 Å². The van der Waals surface area contributed by atoms with E-state index in [4.69, 9.17) is 14.6 Å². The molecule has 2 atom stereocenters. The highest BCUT2D eigenvalue weighted by Gasteiger charge is 2.38. The molecule has 9 heteroatoms. The highest BCUT2D eigenvalue weighted by atomic mass is 16.7. The van der Waals surface area contributed by atoms with E-state index in [-0.39, 0.29) is 30.9 Å². The average Bonchev–Trinajstić information content (AvgIpc) is 3.27. The molecule has 0 fully saturated rings. The predicted molar refractivity (Wildman–Crippen MR) is 153 cm³/mol. The molecule has 1 aliphatic carbocycles. The number of fused-ring (bicyclic) bond motifs is 1. The molecule has 2 N–H and O–H groups in total. The van der Waals surface area contributed by atoms with Crippen molar-refractivity contribution in [2.75, 3.05) is 11.9 Å². The van der Waals surface area contributed by atoms with Crippen LogP contribution in [0.1, 0.15) is 54.5 Å². The number of hydrogen-bond acceptors (Lipinski definition) is 6. The average molecular weight is 556 g/mol. The number of hydrogen-bond donors (Lipinski definition) is 2. The quantitative estimate of drug-likeness (QED) is 0.363. The van der Waals surface area contributed by atoms with Crippen LogP contribution in [0.3, 0.4) is 0 Å². The Morgan fingerprint density at radius 1 is 1.05 bits per heavy atom. The minimum Gasteiger partial charge on any atom is -0.466 e. The molecule has 0 bridgehead atoms. The second-order valence-corrected chi connectivity index (χ2v) is 11.1. The van der Waals surface area contributed by atoms with Gasteiger partial charge in [0.05, 0.1) is 12.5 Å². The number of benzene rings is 3. The Balaban J connectivity index is 1.30. The van der Waals surface area contributed by atoms with Gasteiger partial charge in [-0.25, -0.2) is 9.80 Å². The van der Waals surface area contributed by atoms with Gasteiger partial charge in [0, 0.05) is 24.1 Å². The van der Waals surface area contributed by atoms with Crippen LogP contribution in [0.2, 0.25) is 0 Å². The van der Waals surface area contributed by atoms with Gasteiger partial charge in [0.15, 0.2) is 6.61 Å². The fraction of sp³-hybridized carbons (Fsp3) is 0.312. The fourth-order valence-electron chi connectivity index (χ4n) is 5.55. The molecule has 9 nitrogen and oxygen atoms in total. The third-order valence-electron chi connectivity index (χ3n) is 7.45. The first-order valence-corrected chi connectivity index (χ1v) is 13.6. The molecule has 41 heavy (non-hydrogen) atoms. The second-order valence-electron chi connectivity index (χ2n) is 11.1. The van der Waals surface area contributed by atoms with Crippen LogP contribution in [0, 0.1) is 5.92 Å². The van der Waals surface area contributed by atoms with Crippen molar-refractivity contribution < 1.29 is 29.0 Å². The molecule has 2 amide bonds. The first-order valence-electron chi connectivity index (χ1n) is 13.6. The van der Waals surface area contributed by atoms with Gasteiger partial charge in [-0.05, 0) is 53.3 Å². The Hall–Kier alpha value is -4.66. The molecular formula is C32H33N3O6. The number of nitrogens with zero attached hydrogens (tertiary/aromatic N) is 2. The van der Waals surface area contributed by atoms with Gasteiger partial charge in [0.1, 0.15) is 5.60 Å². The van der Waals surface area contributed by atoms with Crippen LogP contribution >= 0.6 is 0 Å². The number of hydrazone groups is 1. The van der Waals surface area contributed by atoms with Gasteiger partial charge >= 0.3 is 6.16 Å². The summed E-state index contributed by atoms with van der Waals surface area (Å²) in [6, 6.07) is 22.7. The predicted octanol–water partition coefficient (Wildman–Crippen LogP) is 5.34. The van der Waals surface area contributed by atoms with Crippen LogP contribution in [0.25, 0.3) is 0 Å². The summed E-state index contributed by atoms with van der Waals surface area (Å²) in [4.78, 5) is 37.3. The monoisotopic (exact) mass is 555 g/mol. The zero-order valence-electron chi connectivity index (χ0n) is 23.3. The normalized spacial score (nSPS) is 18.8. The van der Waals surface area contributed by atoms with Gasteiger partial charge in [0.2, 0.25) is 11.8 Å². The first kappa shape index (κ1) is 27.9. The molecule has 3 aromatic carbocycles. The lowest BCUT2D eigenvalue weighted by molar-refractivity contribution is -0.136. The largest absolute Gasteiger partial charge is 0.506 e. The Labute approximate surface area is 238 Å². The summed E-state index contributed by atoms with van der Waals surface area (Å²) in [6.07, 6.45) is -0.466. The Bertz CT molecular complexity index is 1490. The number of rotatable bonds is 8. The second kappa shape index (κ2) is 11.4. The number of carboxylic acid groups (broad SMARTS) is 1. The van der Waals surface area contributed by atoms with E-state index < -0.39 is 17.7 Å². The van der Waals surface area contributed by atoms with E-state index in [9.17, 15) is 14.4 Å². The molecule has 0 aromatic heterocycles. The van der Waals surface area contributed by atoms with Gasteiger partial charge in [-0.3, -0.25) is 9.59 Å². The Morgan fingerprint density at radius 3 is 2.46 bits per heavy atom. The van der Waals surface area contributed by atoms with Crippen molar-refractivity contribution in [1.29, 1.82) is 0 Å².